The van der Waals surface area contributed by atoms with Gasteiger partial charge in [0.05, 0.1) is 11.0 Å². The summed E-state index contributed by atoms with van der Waals surface area (Å²) >= 11 is 0. The molecule has 0 atom stereocenters. The zero-order chi connectivity index (χ0) is 14.1. The Morgan fingerprint density at radius 2 is 2.30 bits per heavy atom. The van der Waals surface area contributed by atoms with Gasteiger partial charge in [-0.15, -0.1) is 0 Å². The minimum Gasteiger partial charge on any atom is -0.369 e. The number of hydrogen-bond donors (Lipinski definition) is 2. The van der Waals surface area contributed by atoms with Crippen LogP contribution in [0.25, 0.3) is 11.0 Å². The molecule has 0 aliphatic heterocycles. The fourth-order valence-electron chi connectivity index (χ4n) is 2.27. The lowest BCUT2D eigenvalue weighted by atomic mass is 10.2. The molecule has 0 radical (unpaired) electrons. The van der Waals surface area contributed by atoms with Gasteiger partial charge in [0, 0.05) is 19.0 Å². The predicted octanol–water partition coefficient (Wildman–Crippen LogP) is 1.82. The van der Waals surface area contributed by atoms with E-state index < -0.39 is 0 Å². The Kier molecular flexibility index (Phi) is 3.30. The molecule has 1 aliphatic rings. The summed E-state index contributed by atoms with van der Waals surface area (Å²) in [7, 11) is 0. The minimum atomic E-state index is -0.315. The van der Waals surface area contributed by atoms with Gasteiger partial charge in [0.1, 0.15) is 5.82 Å². The maximum absolute atomic E-state index is 13.3. The number of hydrogen-bond acceptors (Lipinski definition) is 3. The summed E-state index contributed by atoms with van der Waals surface area (Å²) < 4.78 is 15.0. The van der Waals surface area contributed by atoms with Gasteiger partial charge in [-0.05, 0) is 37.5 Å². The monoisotopic (exact) mass is 276 g/mol. The van der Waals surface area contributed by atoms with E-state index in [1.807, 2.05) is 0 Å². The van der Waals surface area contributed by atoms with Gasteiger partial charge in [0.15, 0.2) is 0 Å². The van der Waals surface area contributed by atoms with Crippen molar-refractivity contribution < 1.29 is 9.18 Å². The number of aryl methyl sites for hydroxylation is 1. The molecule has 1 amide bonds. The molecule has 1 saturated carbocycles. The van der Waals surface area contributed by atoms with E-state index in [0.717, 1.165) is 12.8 Å². The highest BCUT2D eigenvalue weighted by molar-refractivity contribution is 5.78. The highest BCUT2D eigenvalue weighted by Gasteiger charge is 2.22. The van der Waals surface area contributed by atoms with E-state index in [1.54, 1.807) is 10.6 Å². The number of aromatic nitrogens is 2. The van der Waals surface area contributed by atoms with Crippen LogP contribution in [0.4, 0.5) is 10.3 Å². The molecular formula is C14H17FN4O. The van der Waals surface area contributed by atoms with Crippen molar-refractivity contribution in [3.05, 3.63) is 24.0 Å². The number of halogens is 1. The number of nitrogens with one attached hydrogen (secondary N) is 1. The van der Waals surface area contributed by atoms with Crippen molar-refractivity contribution >= 4 is 22.9 Å². The van der Waals surface area contributed by atoms with Crippen molar-refractivity contribution in [1.82, 2.24) is 14.9 Å². The average molecular weight is 276 g/mol. The van der Waals surface area contributed by atoms with Crippen LogP contribution in [0.3, 0.4) is 0 Å². The van der Waals surface area contributed by atoms with E-state index in [-0.39, 0.29) is 11.7 Å². The number of nitrogens with two attached hydrogens (primary N) is 1. The number of benzene rings is 1. The van der Waals surface area contributed by atoms with Gasteiger partial charge in [0.2, 0.25) is 11.9 Å². The Morgan fingerprint density at radius 3 is 3.05 bits per heavy atom. The molecule has 3 N–H and O–H groups in total. The average Bonchev–Trinajstić information content (AvgIpc) is 3.15. The molecule has 1 fully saturated rings. The number of anilines is 1. The lowest BCUT2D eigenvalue weighted by Gasteiger charge is -2.07. The van der Waals surface area contributed by atoms with Crippen LogP contribution in [-0.4, -0.2) is 21.5 Å². The third kappa shape index (κ3) is 2.74. The van der Waals surface area contributed by atoms with E-state index in [4.69, 9.17) is 5.73 Å². The van der Waals surface area contributed by atoms with Crippen molar-refractivity contribution in [2.75, 3.05) is 5.73 Å². The maximum Gasteiger partial charge on any atom is 0.220 e. The quantitative estimate of drug-likeness (QED) is 0.874. The largest absolute Gasteiger partial charge is 0.369 e. The smallest absolute Gasteiger partial charge is 0.220 e. The summed E-state index contributed by atoms with van der Waals surface area (Å²) in [5, 5.41) is 2.94. The SMILES string of the molecule is Nc1nc2ccc(F)cc2n1CCCC(=O)NC1CC1. The fourth-order valence-corrected chi connectivity index (χ4v) is 2.27. The first-order valence-corrected chi connectivity index (χ1v) is 6.84. The van der Waals surface area contributed by atoms with Crippen molar-refractivity contribution in [2.45, 2.75) is 38.3 Å². The van der Waals surface area contributed by atoms with Crippen molar-refractivity contribution in [3.63, 3.8) is 0 Å². The van der Waals surface area contributed by atoms with Gasteiger partial charge >= 0.3 is 0 Å². The molecule has 5 nitrogen and oxygen atoms in total. The molecule has 0 unspecified atom stereocenters. The zero-order valence-corrected chi connectivity index (χ0v) is 11.1. The topological polar surface area (TPSA) is 72.9 Å². The number of carbonyl (C=O) groups excluding carboxylic acids is 1. The van der Waals surface area contributed by atoms with Gasteiger partial charge in [-0.25, -0.2) is 9.37 Å². The Hall–Kier alpha value is -2.11. The Labute approximate surface area is 116 Å². The molecule has 0 saturated heterocycles. The molecule has 1 heterocycles. The molecule has 0 bridgehead atoms. The summed E-state index contributed by atoms with van der Waals surface area (Å²) in [6.07, 6.45) is 3.28. The zero-order valence-electron chi connectivity index (χ0n) is 11.1. The molecule has 1 aromatic heterocycles. The Balaban J connectivity index is 1.65. The van der Waals surface area contributed by atoms with Gasteiger partial charge in [-0.2, -0.15) is 0 Å². The van der Waals surface area contributed by atoms with Crippen LogP contribution in [-0.2, 0) is 11.3 Å². The summed E-state index contributed by atoms with van der Waals surface area (Å²) in [6, 6.07) is 4.78. The van der Waals surface area contributed by atoms with Gasteiger partial charge < -0.3 is 15.6 Å². The van der Waals surface area contributed by atoms with Crippen molar-refractivity contribution in [2.24, 2.45) is 0 Å². The molecule has 106 valence electrons. The van der Waals surface area contributed by atoms with Crippen LogP contribution in [0.15, 0.2) is 18.2 Å². The molecule has 0 spiro atoms. The van der Waals surface area contributed by atoms with Gasteiger partial charge in [0.25, 0.3) is 0 Å². The standard InChI is InChI=1S/C14H17FN4O/c15-9-3-6-11-12(8-9)19(14(16)18-11)7-1-2-13(20)17-10-4-5-10/h3,6,8,10H,1-2,4-5,7H2,(H2,16,18)(H,17,20). The highest BCUT2D eigenvalue weighted by Crippen LogP contribution is 2.20. The third-order valence-electron chi connectivity index (χ3n) is 3.47. The fraction of sp³-hybridized carbons (Fsp3) is 0.429. The van der Waals surface area contributed by atoms with Crippen molar-refractivity contribution in [1.29, 1.82) is 0 Å². The summed E-state index contributed by atoms with van der Waals surface area (Å²) in [6.45, 7) is 0.559. The van der Waals surface area contributed by atoms with Gasteiger partial charge in [-0.1, -0.05) is 0 Å². The second kappa shape index (κ2) is 5.11. The molecule has 6 heteroatoms. The number of fused-ring (bicyclic) bond motifs is 1. The number of carbonyl (C=O) groups is 1. The normalized spacial score (nSPS) is 14.7. The summed E-state index contributed by atoms with van der Waals surface area (Å²) in [5.41, 5.74) is 7.18. The van der Waals surface area contributed by atoms with E-state index in [2.05, 4.69) is 10.3 Å². The minimum absolute atomic E-state index is 0.0710. The van der Waals surface area contributed by atoms with Crippen LogP contribution in [0, 0.1) is 5.82 Å². The van der Waals surface area contributed by atoms with Crippen LogP contribution >= 0.6 is 0 Å². The molecule has 20 heavy (non-hydrogen) atoms. The van der Waals surface area contributed by atoms with Crippen LogP contribution in [0.5, 0.6) is 0 Å². The van der Waals surface area contributed by atoms with Crippen LogP contribution < -0.4 is 11.1 Å². The van der Waals surface area contributed by atoms with E-state index >= 15 is 0 Å². The number of imidazole rings is 1. The van der Waals surface area contributed by atoms with Crippen LogP contribution in [0.1, 0.15) is 25.7 Å². The molecule has 2 aromatic rings. The maximum atomic E-state index is 13.3. The third-order valence-corrected chi connectivity index (χ3v) is 3.47. The van der Waals surface area contributed by atoms with Crippen molar-refractivity contribution in [3.8, 4) is 0 Å². The first kappa shape index (κ1) is 12.9. The van der Waals surface area contributed by atoms with Crippen LogP contribution in [0.2, 0.25) is 0 Å². The number of nitrogens with zero attached hydrogens (tertiary/aromatic N) is 2. The number of amides is 1. The lowest BCUT2D eigenvalue weighted by Crippen LogP contribution is -2.25. The summed E-state index contributed by atoms with van der Waals surface area (Å²) in [5.74, 6) is 0.111. The predicted molar refractivity (Wildman–Crippen MR) is 74.5 cm³/mol. The van der Waals surface area contributed by atoms with E-state index in [9.17, 15) is 9.18 Å². The lowest BCUT2D eigenvalue weighted by molar-refractivity contribution is -0.121. The van der Waals surface area contributed by atoms with E-state index in [0.29, 0.717) is 42.4 Å². The van der Waals surface area contributed by atoms with E-state index in [1.165, 1.54) is 12.1 Å². The second-order valence-corrected chi connectivity index (χ2v) is 5.20. The first-order valence-electron chi connectivity index (χ1n) is 6.84. The Morgan fingerprint density at radius 1 is 1.50 bits per heavy atom. The molecule has 3 rings (SSSR count). The van der Waals surface area contributed by atoms with Gasteiger partial charge in [-0.3, -0.25) is 4.79 Å². The first-order chi connectivity index (χ1) is 9.63. The highest BCUT2D eigenvalue weighted by atomic mass is 19.1. The number of nitrogen functional groups attached to an aromatic ring is 1. The molecular weight excluding hydrogens is 259 g/mol. The number of rotatable bonds is 5. The molecule has 1 aromatic carbocycles. The Bertz CT molecular complexity index is 648. The summed E-state index contributed by atoms with van der Waals surface area (Å²) in [4.78, 5) is 15.8. The molecule has 1 aliphatic carbocycles. The second-order valence-electron chi connectivity index (χ2n) is 5.20.